The van der Waals surface area contributed by atoms with E-state index in [1.807, 2.05) is 32.3 Å². The first kappa shape index (κ1) is 21.2. The van der Waals surface area contributed by atoms with Crippen molar-refractivity contribution in [2.45, 2.75) is 6.04 Å². The van der Waals surface area contributed by atoms with Gasteiger partial charge in [0.2, 0.25) is 0 Å². The smallest absolute Gasteiger partial charge is 0.170 e. The monoisotopic (exact) mass is 411 g/mol. The molecule has 0 spiro atoms. The largest absolute Gasteiger partial charge is 0.493 e. The zero-order valence-corrected chi connectivity index (χ0v) is 17.2. The average molecular weight is 412 g/mol. The highest BCUT2D eigenvalue weighted by atomic mass is 35.5. The summed E-state index contributed by atoms with van der Waals surface area (Å²) in [5.41, 5.74) is 1.67. The fourth-order valence-electron chi connectivity index (χ4n) is 2.60. The summed E-state index contributed by atoms with van der Waals surface area (Å²) < 4.78 is 23.9. The van der Waals surface area contributed by atoms with Crippen molar-refractivity contribution >= 4 is 34.6 Å². The topological polar surface area (TPSA) is 45.8 Å². The van der Waals surface area contributed by atoms with Gasteiger partial charge in [-0.15, -0.1) is 0 Å². The molecule has 1 unspecified atom stereocenters. The Labute approximate surface area is 169 Å². The van der Waals surface area contributed by atoms with Crippen molar-refractivity contribution in [2.24, 2.45) is 0 Å². The summed E-state index contributed by atoms with van der Waals surface area (Å²) in [4.78, 5) is 2.08. The summed E-state index contributed by atoms with van der Waals surface area (Å²) in [6, 6.07) is 10.2. The SMILES string of the molecule is COc1ccc(C(CNC(=S)Nc2ccc(F)c(Cl)c2)N(C)C)cc1OC. The Morgan fingerprint density at radius 2 is 1.85 bits per heavy atom. The van der Waals surface area contributed by atoms with Crippen LogP contribution in [-0.2, 0) is 0 Å². The average Bonchev–Trinajstić information content (AvgIpc) is 2.64. The minimum atomic E-state index is -0.470. The molecule has 0 saturated carbocycles. The predicted molar refractivity (Wildman–Crippen MR) is 112 cm³/mol. The molecular weight excluding hydrogens is 389 g/mol. The van der Waals surface area contributed by atoms with Crippen LogP contribution >= 0.6 is 23.8 Å². The van der Waals surface area contributed by atoms with E-state index in [0.717, 1.165) is 5.56 Å². The van der Waals surface area contributed by atoms with E-state index in [-0.39, 0.29) is 11.1 Å². The minimum absolute atomic E-state index is 0.0410. The molecule has 0 radical (unpaired) electrons. The standard InChI is InChI=1S/C19H23ClFN3O2S/c1-24(2)16(12-5-8-17(25-3)18(9-12)26-4)11-22-19(27)23-13-6-7-15(21)14(20)10-13/h5-10,16H,11H2,1-4H3,(H2,22,23,27). The third-order valence-electron chi connectivity index (χ3n) is 4.05. The normalized spacial score (nSPS) is 11.8. The Morgan fingerprint density at radius 1 is 1.15 bits per heavy atom. The van der Waals surface area contributed by atoms with Crippen molar-refractivity contribution < 1.29 is 13.9 Å². The first-order valence-electron chi connectivity index (χ1n) is 8.24. The van der Waals surface area contributed by atoms with Crippen LogP contribution in [0, 0.1) is 5.82 Å². The molecule has 8 heteroatoms. The number of benzene rings is 2. The highest BCUT2D eigenvalue weighted by Crippen LogP contribution is 2.31. The Kier molecular flexibility index (Phi) is 7.65. The molecule has 1 atom stereocenters. The maximum absolute atomic E-state index is 13.2. The molecule has 0 aliphatic rings. The molecule has 2 aromatic rings. The zero-order chi connectivity index (χ0) is 20.0. The second-order valence-electron chi connectivity index (χ2n) is 6.06. The zero-order valence-electron chi connectivity index (χ0n) is 15.7. The summed E-state index contributed by atoms with van der Waals surface area (Å²) in [5, 5.41) is 6.65. The van der Waals surface area contributed by atoms with Crippen molar-refractivity contribution in [1.82, 2.24) is 10.2 Å². The first-order chi connectivity index (χ1) is 12.8. The van der Waals surface area contributed by atoms with Gasteiger partial charge in [0.15, 0.2) is 16.6 Å². The van der Waals surface area contributed by atoms with Gasteiger partial charge in [0.1, 0.15) is 5.82 Å². The van der Waals surface area contributed by atoms with Crippen molar-refractivity contribution in [2.75, 3.05) is 40.2 Å². The van der Waals surface area contributed by atoms with Gasteiger partial charge in [-0.3, -0.25) is 0 Å². The van der Waals surface area contributed by atoms with E-state index < -0.39 is 5.82 Å². The molecule has 0 heterocycles. The summed E-state index contributed by atoms with van der Waals surface area (Å²) in [6.45, 7) is 0.559. The Balaban J connectivity index is 2.05. The maximum atomic E-state index is 13.2. The quantitative estimate of drug-likeness (QED) is 0.669. The number of ether oxygens (including phenoxy) is 2. The fourth-order valence-corrected chi connectivity index (χ4v) is 2.98. The van der Waals surface area contributed by atoms with Crippen molar-refractivity contribution in [3.05, 3.63) is 52.8 Å². The summed E-state index contributed by atoms with van der Waals surface area (Å²) >= 11 is 11.1. The summed E-state index contributed by atoms with van der Waals surface area (Å²) in [5.74, 6) is 0.878. The lowest BCUT2D eigenvalue weighted by molar-refractivity contribution is 0.296. The third-order valence-corrected chi connectivity index (χ3v) is 4.59. The summed E-state index contributed by atoms with van der Waals surface area (Å²) in [7, 11) is 7.18. The van der Waals surface area contributed by atoms with Crippen LogP contribution in [0.25, 0.3) is 0 Å². The highest BCUT2D eigenvalue weighted by molar-refractivity contribution is 7.80. The van der Waals surface area contributed by atoms with Crippen LogP contribution in [0.5, 0.6) is 11.5 Å². The number of methoxy groups -OCH3 is 2. The molecule has 0 aliphatic heterocycles. The Morgan fingerprint density at radius 3 is 2.44 bits per heavy atom. The second-order valence-corrected chi connectivity index (χ2v) is 6.87. The maximum Gasteiger partial charge on any atom is 0.170 e. The van der Waals surface area contributed by atoms with Crippen LogP contribution in [0.2, 0.25) is 5.02 Å². The van der Waals surface area contributed by atoms with Gasteiger partial charge in [-0.1, -0.05) is 17.7 Å². The van der Waals surface area contributed by atoms with E-state index in [1.165, 1.54) is 12.1 Å². The second kappa shape index (κ2) is 9.73. The van der Waals surface area contributed by atoms with E-state index in [4.69, 9.17) is 33.3 Å². The van der Waals surface area contributed by atoms with E-state index >= 15 is 0 Å². The molecule has 0 bridgehead atoms. The van der Waals surface area contributed by atoms with Gasteiger partial charge in [-0.05, 0) is 62.2 Å². The number of hydrogen-bond donors (Lipinski definition) is 2. The number of likely N-dealkylation sites (N-methyl/N-ethyl adjacent to an activating group) is 1. The molecule has 0 saturated heterocycles. The van der Waals surface area contributed by atoms with Gasteiger partial charge in [0.05, 0.1) is 25.3 Å². The molecule has 0 amide bonds. The predicted octanol–water partition coefficient (Wildman–Crippen LogP) is 4.09. The Bertz CT molecular complexity index is 805. The number of anilines is 1. The van der Waals surface area contributed by atoms with Crippen molar-refractivity contribution in [3.8, 4) is 11.5 Å². The van der Waals surface area contributed by atoms with Crippen LogP contribution in [-0.4, -0.2) is 44.9 Å². The van der Waals surface area contributed by atoms with E-state index in [2.05, 4.69) is 15.5 Å². The first-order valence-corrected chi connectivity index (χ1v) is 9.02. The minimum Gasteiger partial charge on any atom is -0.493 e. The molecule has 0 fully saturated rings. The number of hydrogen-bond acceptors (Lipinski definition) is 4. The van der Waals surface area contributed by atoms with Crippen LogP contribution in [0.4, 0.5) is 10.1 Å². The number of rotatable bonds is 7. The van der Waals surface area contributed by atoms with Crippen molar-refractivity contribution in [1.29, 1.82) is 0 Å². The van der Waals surface area contributed by atoms with E-state index in [9.17, 15) is 4.39 Å². The van der Waals surface area contributed by atoms with Gasteiger partial charge in [-0.25, -0.2) is 4.39 Å². The molecular formula is C19H23ClFN3O2S. The molecule has 2 rings (SSSR count). The van der Waals surface area contributed by atoms with Crippen LogP contribution in [0.15, 0.2) is 36.4 Å². The molecule has 2 N–H and O–H groups in total. The van der Waals surface area contributed by atoms with Crippen LogP contribution in [0.1, 0.15) is 11.6 Å². The molecule has 0 aromatic heterocycles. The van der Waals surface area contributed by atoms with Crippen LogP contribution < -0.4 is 20.1 Å². The lowest BCUT2D eigenvalue weighted by Crippen LogP contribution is -2.36. The third kappa shape index (κ3) is 5.69. The number of thiocarbonyl (C=S) groups is 1. The lowest BCUT2D eigenvalue weighted by Gasteiger charge is -2.26. The van der Waals surface area contributed by atoms with E-state index in [0.29, 0.717) is 28.8 Å². The fraction of sp³-hybridized carbons (Fsp3) is 0.316. The molecule has 2 aromatic carbocycles. The van der Waals surface area contributed by atoms with Gasteiger partial charge in [0.25, 0.3) is 0 Å². The Hall–Kier alpha value is -2.09. The highest BCUT2D eigenvalue weighted by Gasteiger charge is 2.17. The molecule has 5 nitrogen and oxygen atoms in total. The van der Waals surface area contributed by atoms with Gasteiger partial charge in [0, 0.05) is 12.2 Å². The molecule has 27 heavy (non-hydrogen) atoms. The number of halogens is 2. The number of nitrogens with one attached hydrogen (secondary N) is 2. The number of nitrogens with zero attached hydrogens (tertiary/aromatic N) is 1. The van der Waals surface area contributed by atoms with Gasteiger partial charge in [-0.2, -0.15) is 0 Å². The van der Waals surface area contributed by atoms with Crippen LogP contribution in [0.3, 0.4) is 0 Å². The lowest BCUT2D eigenvalue weighted by atomic mass is 10.1. The molecule has 146 valence electrons. The summed E-state index contributed by atoms with van der Waals surface area (Å²) in [6.07, 6.45) is 0. The van der Waals surface area contributed by atoms with Gasteiger partial charge >= 0.3 is 0 Å². The van der Waals surface area contributed by atoms with Gasteiger partial charge < -0.3 is 25.0 Å². The molecule has 0 aliphatic carbocycles. The van der Waals surface area contributed by atoms with E-state index in [1.54, 1.807) is 20.3 Å². The van der Waals surface area contributed by atoms with Crippen molar-refractivity contribution in [3.63, 3.8) is 0 Å².